The maximum Gasteiger partial charge on any atom is 0.328 e. The smallest absolute Gasteiger partial charge is 0.328 e. The van der Waals surface area contributed by atoms with Gasteiger partial charge in [0.1, 0.15) is 29.2 Å². The Morgan fingerprint density at radius 2 is 1.11 bits per heavy atom. The van der Waals surface area contributed by atoms with Crippen molar-refractivity contribution in [3.8, 4) is 0 Å². The van der Waals surface area contributed by atoms with Crippen LogP contribution < -0.4 is 26.6 Å². The molecule has 5 N–H and O–H groups in total. The highest BCUT2D eigenvalue weighted by molar-refractivity contribution is 5.98. The third kappa shape index (κ3) is 12.4. The molecule has 0 fully saturated rings. The molecular weight excluding hydrogens is 590 g/mol. The minimum Gasteiger partial charge on any atom is -0.467 e. The molecule has 0 radical (unpaired) electrons. The van der Waals surface area contributed by atoms with Crippen LogP contribution >= 0.6 is 0 Å². The fourth-order valence-corrected chi connectivity index (χ4v) is 4.80. The molecule has 0 aliphatic rings. The van der Waals surface area contributed by atoms with Gasteiger partial charge in [-0.15, -0.1) is 0 Å². The van der Waals surface area contributed by atoms with Gasteiger partial charge in [0, 0.05) is 13.3 Å². The number of carbonyl (C=O) groups excluding carboxylic acids is 6. The van der Waals surface area contributed by atoms with E-state index in [1.807, 2.05) is 58.0 Å². The van der Waals surface area contributed by atoms with Crippen LogP contribution in [0, 0.1) is 11.8 Å². The van der Waals surface area contributed by atoms with Gasteiger partial charge < -0.3 is 31.3 Å². The first-order valence-electron chi connectivity index (χ1n) is 16.1. The monoisotopic (exact) mass is 645 g/mol. The van der Waals surface area contributed by atoms with Crippen LogP contribution in [0.1, 0.15) is 93.6 Å². The number of amides is 5. The fraction of sp³-hybridized carbons (Fsp3) is 0.647. The highest BCUT2D eigenvalue weighted by Gasteiger charge is 2.41. The second-order valence-corrected chi connectivity index (χ2v) is 13.1. The van der Waals surface area contributed by atoms with E-state index in [-0.39, 0.29) is 43.4 Å². The van der Waals surface area contributed by atoms with Crippen LogP contribution in [0.3, 0.4) is 0 Å². The van der Waals surface area contributed by atoms with Gasteiger partial charge in [-0.2, -0.15) is 0 Å². The summed E-state index contributed by atoms with van der Waals surface area (Å²) in [5.41, 5.74) is -2.00. The van der Waals surface area contributed by atoms with E-state index in [2.05, 4.69) is 26.6 Å². The zero-order chi connectivity index (χ0) is 35.2. The lowest BCUT2D eigenvalue weighted by Gasteiger charge is -2.35. The van der Waals surface area contributed by atoms with Gasteiger partial charge in [-0.3, -0.25) is 24.0 Å². The summed E-state index contributed by atoms with van der Waals surface area (Å²) >= 11 is 0. The number of hydrogen-bond donors (Lipinski definition) is 5. The van der Waals surface area contributed by atoms with E-state index in [1.165, 1.54) is 14.0 Å². The highest BCUT2D eigenvalue weighted by atomic mass is 16.5. The first-order valence-corrected chi connectivity index (χ1v) is 16.1. The minimum absolute atomic E-state index is 0.00926. The predicted molar refractivity (Wildman–Crippen MR) is 176 cm³/mol. The third-order valence-corrected chi connectivity index (χ3v) is 8.02. The lowest BCUT2D eigenvalue weighted by atomic mass is 9.92. The maximum absolute atomic E-state index is 13.7. The van der Waals surface area contributed by atoms with Gasteiger partial charge in [-0.05, 0) is 56.9 Å². The fourth-order valence-electron chi connectivity index (χ4n) is 4.80. The summed E-state index contributed by atoms with van der Waals surface area (Å²) in [4.78, 5) is 78.5. The Kier molecular flexibility index (Phi) is 15.9. The standard InChI is InChI=1S/C34H55N5O7/c1-11-33(8,38-28(41)25(18-21(3)4)35-23(7)40)31(44)36-26(19-22(5)6)29(42)39-34(9,12-2)32(45)37-27(30(43)46-10)20-24-16-14-13-15-17-24/h13-17,21-22,25-27H,11-12,18-20H2,1-10H3,(H,35,40)(H,36,44)(H,37,45)(H,38,41)(H,39,42)/t25-,26-,27-,33-,34-/m0/s1. The van der Waals surface area contributed by atoms with E-state index >= 15 is 0 Å². The Hall–Kier alpha value is -3.96. The van der Waals surface area contributed by atoms with Gasteiger partial charge in [0.15, 0.2) is 0 Å². The van der Waals surface area contributed by atoms with E-state index in [0.717, 1.165) is 5.56 Å². The topological polar surface area (TPSA) is 172 Å². The van der Waals surface area contributed by atoms with E-state index in [4.69, 9.17) is 4.74 Å². The number of nitrogens with one attached hydrogen (secondary N) is 5. The molecule has 12 heteroatoms. The minimum atomic E-state index is -1.43. The molecule has 258 valence electrons. The largest absolute Gasteiger partial charge is 0.467 e. The molecule has 5 amide bonds. The summed E-state index contributed by atoms with van der Waals surface area (Å²) in [6.07, 6.45) is 1.23. The summed E-state index contributed by atoms with van der Waals surface area (Å²) in [6.45, 7) is 15.5. The van der Waals surface area contributed by atoms with Crippen molar-refractivity contribution in [1.82, 2.24) is 26.6 Å². The molecule has 0 spiro atoms. The second kappa shape index (κ2) is 18.3. The Morgan fingerprint density at radius 1 is 0.696 bits per heavy atom. The van der Waals surface area contributed by atoms with Crippen LogP contribution in [-0.2, 0) is 39.9 Å². The summed E-state index contributed by atoms with van der Waals surface area (Å²) in [5.74, 6) is -3.13. The van der Waals surface area contributed by atoms with E-state index in [1.54, 1.807) is 27.7 Å². The number of methoxy groups -OCH3 is 1. The number of ether oxygens (including phenoxy) is 1. The van der Waals surface area contributed by atoms with Gasteiger partial charge in [0.25, 0.3) is 0 Å². The molecule has 1 rings (SSSR count). The molecule has 0 aliphatic heterocycles. The van der Waals surface area contributed by atoms with Gasteiger partial charge in [0.2, 0.25) is 29.5 Å². The molecule has 0 saturated heterocycles. The highest BCUT2D eigenvalue weighted by Crippen LogP contribution is 2.17. The van der Waals surface area contributed by atoms with Crippen molar-refractivity contribution < 1.29 is 33.5 Å². The van der Waals surface area contributed by atoms with Crippen LogP contribution in [0.25, 0.3) is 0 Å². The summed E-state index contributed by atoms with van der Waals surface area (Å²) in [6, 6.07) is 6.32. The van der Waals surface area contributed by atoms with Gasteiger partial charge in [-0.1, -0.05) is 71.9 Å². The van der Waals surface area contributed by atoms with Crippen molar-refractivity contribution in [3.05, 3.63) is 35.9 Å². The normalized spacial score (nSPS) is 15.7. The Balaban J connectivity index is 3.19. The van der Waals surface area contributed by atoms with E-state index in [0.29, 0.717) is 6.42 Å². The molecule has 0 aromatic heterocycles. The number of hydrogen-bond acceptors (Lipinski definition) is 7. The SMILES string of the molecule is CC[C@](C)(NC(=O)[C@H](CC(C)C)NC(C)=O)C(=O)N[C@@H](CC(C)C)C(=O)N[C@@](C)(CC)C(=O)N[C@@H](Cc1ccccc1)C(=O)OC. The second-order valence-electron chi connectivity index (χ2n) is 13.1. The first kappa shape index (κ1) is 40.1. The summed E-state index contributed by atoms with van der Waals surface area (Å²) in [7, 11) is 1.24. The molecule has 0 aliphatic carbocycles. The molecular formula is C34H55N5O7. The predicted octanol–water partition coefficient (Wildman–Crippen LogP) is 2.54. The molecule has 0 bridgehead atoms. The molecule has 12 nitrogen and oxygen atoms in total. The van der Waals surface area contributed by atoms with Gasteiger partial charge in [-0.25, -0.2) is 4.79 Å². The average molecular weight is 646 g/mol. The zero-order valence-electron chi connectivity index (χ0n) is 29.2. The Morgan fingerprint density at radius 3 is 1.48 bits per heavy atom. The van der Waals surface area contributed by atoms with Gasteiger partial charge in [0.05, 0.1) is 7.11 Å². The number of esters is 1. The van der Waals surface area contributed by atoms with Crippen LogP contribution in [0.5, 0.6) is 0 Å². The van der Waals surface area contributed by atoms with Crippen molar-refractivity contribution in [3.63, 3.8) is 0 Å². The van der Waals surface area contributed by atoms with E-state index in [9.17, 15) is 28.8 Å². The van der Waals surface area contributed by atoms with Crippen molar-refractivity contribution >= 4 is 35.5 Å². The summed E-state index contributed by atoms with van der Waals surface area (Å²) in [5, 5.41) is 13.8. The van der Waals surface area contributed by atoms with Crippen LogP contribution in [0.2, 0.25) is 0 Å². The van der Waals surface area contributed by atoms with Crippen molar-refractivity contribution in [2.45, 2.75) is 124 Å². The molecule has 0 saturated carbocycles. The van der Waals surface area contributed by atoms with Crippen LogP contribution in [0.4, 0.5) is 0 Å². The number of benzene rings is 1. The Labute approximate surface area is 273 Å². The lowest BCUT2D eigenvalue weighted by molar-refractivity contribution is -0.146. The van der Waals surface area contributed by atoms with Crippen molar-refractivity contribution in [1.29, 1.82) is 0 Å². The number of rotatable bonds is 18. The third-order valence-electron chi connectivity index (χ3n) is 8.02. The van der Waals surface area contributed by atoms with E-state index < -0.39 is 58.8 Å². The molecule has 46 heavy (non-hydrogen) atoms. The molecule has 0 heterocycles. The van der Waals surface area contributed by atoms with Crippen molar-refractivity contribution in [2.75, 3.05) is 7.11 Å². The quantitative estimate of drug-likeness (QED) is 0.153. The van der Waals surface area contributed by atoms with Crippen LogP contribution in [-0.4, -0.2) is 71.8 Å². The van der Waals surface area contributed by atoms with Gasteiger partial charge >= 0.3 is 5.97 Å². The molecule has 5 atom stereocenters. The average Bonchev–Trinajstić information content (AvgIpc) is 2.98. The maximum atomic E-state index is 13.7. The van der Waals surface area contributed by atoms with Crippen molar-refractivity contribution in [2.24, 2.45) is 11.8 Å². The number of carbonyl (C=O) groups is 6. The molecule has 1 aromatic rings. The zero-order valence-corrected chi connectivity index (χ0v) is 29.2. The molecule has 1 aromatic carbocycles. The molecule has 0 unspecified atom stereocenters. The van der Waals surface area contributed by atoms with Crippen LogP contribution in [0.15, 0.2) is 30.3 Å². The Bertz CT molecular complexity index is 1210. The lowest BCUT2D eigenvalue weighted by Crippen LogP contribution is -2.65. The first-order chi connectivity index (χ1) is 21.4. The summed E-state index contributed by atoms with van der Waals surface area (Å²) < 4.78 is 4.92.